The van der Waals surface area contributed by atoms with Crippen molar-refractivity contribution in [2.75, 3.05) is 23.7 Å². The van der Waals surface area contributed by atoms with Crippen molar-refractivity contribution in [1.29, 1.82) is 0 Å². The Morgan fingerprint density at radius 2 is 2.25 bits per heavy atom. The van der Waals surface area contributed by atoms with Gasteiger partial charge < -0.3 is 16.0 Å². The number of aromatic nitrogens is 2. The summed E-state index contributed by atoms with van der Waals surface area (Å²) in [5, 5.41) is 13.6. The standard InChI is InChI=1S/C14H17N5O/c1-19-9-10(8-18-19)7-17-14(20)11-3-2-4-12-13(11)16-6-5-15-12/h2-4,8-9,15-16H,5-7H2,1H3,(H,17,20). The number of hydrogen-bond acceptors (Lipinski definition) is 4. The highest BCUT2D eigenvalue weighted by Crippen LogP contribution is 2.28. The molecule has 2 aromatic rings. The third-order valence-corrected chi connectivity index (χ3v) is 3.26. The van der Waals surface area contributed by atoms with Crippen LogP contribution in [0.1, 0.15) is 15.9 Å². The topological polar surface area (TPSA) is 71.0 Å². The van der Waals surface area contributed by atoms with Crippen LogP contribution in [0.4, 0.5) is 11.4 Å². The highest BCUT2D eigenvalue weighted by molar-refractivity contribution is 6.02. The third kappa shape index (κ3) is 2.45. The summed E-state index contributed by atoms with van der Waals surface area (Å²) in [5.74, 6) is -0.0816. The number of nitrogens with zero attached hydrogens (tertiary/aromatic N) is 2. The molecule has 0 unspecified atom stereocenters. The molecule has 0 saturated heterocycles. The number of carbonyl (C=O) groups is 1. The van der Waals surface area contributed by atoms with E-state index in [1.54, 1.807) is 10.9 Å². The van der Waals surface area contributed by atoms with Gasteiger partial charge in [-0.2, -0.15) is 5.10 Å². The molecule has 20 heavy (non-hydrogen) atoms. The SMILES string of the molecule is Cn1cc(CNC(=O)c2cccc3c2NCCN3)cn1. The first-order valence-electron chi connectivity index (χ1n) is 6.60. The van der Waals surface area contributed by atoms with Gasteiger partial charge in [-0.15, -0.1) is 0 Å². The number of anilines is 2. The van der Waals surface area contributed by atoms with Crippen LogP contribution in [-0.2, 0) is 13.6 Å². The van der Waals surface area contributed by atoms with E-state index in [0.717, 1.165) is 30.0 Å². The molecule has 0 aliphatic carbocycles. The molecule has 1 aromatic heterocycles. The first-order valence-corrected chi connectivity index (χ1v) is 6.60. The molecule has 3 rings (SSSR count). The molecule has 0 spiro atoms. The van der Waals surface area contributed by atoms with Crippen LogP contribution in [-0.4, -0.2) is 28.8 Å². The summed E-state index contributed by atoms with van der Waals surface area (Å²) >= 11 is 0. The number of nitrogens with one attached hydrogen (secondary N) is 3. The Kier molecular flexibility index (Phi) is 3.28. The van der Waals surface area contributed by atoms with Gasteiger partial charge in [0.05, 0.1) is 23.1 Å². The first-order chi connectivity index (χ1) is 9.74. The molecule has 3 N–H and O–H groups in total. The summed E-state index contributed by atoms with van der Waals surface area (Å²) in [5.41, 5.74) is 3.50. The Hall–Kier alpha value is -2.50. The van der Waals surface area contributed by atoms with Crippen LogP contribution in [0.3, 0.4) is 0 Å². The summed E-state index contributed by atoms with van der Waals surface area (Å²) in [6.45, 7) is 2.16. The molecule has 104 valence electrons. The van der Waals surface area contributed by atoms with Crippen molar-refractivity contribution in [1.82, 2.24) is 15.1 Å². The second kappa shape index (κ2) is 5.24. The first kappa shape index (κ1) is 12.5. The maximum absolute atomic E-state index is 12.3. The minimum absolute atomic E-state index is 0.0816. The number of aryl methyl sites for hydroxylation is 1. The molecule has 1 amide bonds. The van der Waals surface area contributed by atoms with Gasteiger partial charge in [-0.3, -0.25) is 9.48 Å². The number of fused-ring (bicyclic) bond motifs is 1. The Labute approximate surface area is 117 Å². The predicted molar refractivity (Wildman–Crippen MR) is 77.8 cm³/mol. The lowest BCUT2D eigenvalue weighted by Gasteiger charge is -2.22. The smallest absolute Gasteiger partial charge is 0.253 e. The van der Waals surface area contributed by atoms with Crippen LogP contribution in [0, 0.1) is 0 Å². The average molecular weight is 271 g/mol. The highest BCUT2D eigenvalue weighted by Gasteiger charge is 2.16. The number of amides is 1. The second-order valence-electron chi connectivity index (χ2n) is 4.79. The van der Waals surface area contributed by atoms with Gasteiger partial charge in [0.15, 0.2) is 0 Å². The normalized spacial score (nSPS) is 13.1. The Morgan fingerprint density at radius 3 is 3.05 bits per heavy atom. The van der Waals surface area contributed by atoms with Gasteiger partial charge in [0, 0.05) is 38.4 Å². The van der Waals surface area contributed by atoms with E-state index in [0.29, 0.717) is 12.1 Å². The number of rotatable bonds is 3. The Balaban J connectivity index is 1.74. The molecule has 0 bridgehead atoms. The van der Waals surface area contributed by atoms with E-state index < -0.39 is 0 Å². The van der Waals surface area contributed by atoms with Gasteiger partial charge in [0.25, 0.3) is 5.91 Å². The van der Waals surface area contributed by atoms with Crippen molar-refractivity contribution < 1.29 is 4.79 Å². The maximum atomic E-state index is 12.3. The molecular formula is C14H17N5O. The van der Waals surface area contributed by atoms with Crippen molar-refractivity contribution in [2.45, 2.75) is 6.54 Å². The van der Waals surface area contributed by atoms with Crippen LogP contribution in [0.15, 0.2) is 30.6 Å². The van der Waals surface area contributed by atoms with Crippen LogP contribution in [0.25, 0.3) is 0 Å². The lowest BCUT2D eigenvalue weighted by atomic mass is 10.1. The minimum atomic E-state index is -0.0816. The van der Waals surface area contributed by atoms with E-state index in [1.165, 1.54) is 0 Å². The zero-order chi connectivity index (χ0) is 13.9. The molecule has 6 nitrogen and oxygen atoms in total. The largest absolute Gasteiger partial charge is 0.382 e. The van der Waals surface area contributed by atoms with E-state index in [9.17, 15) is 4.79 Å². The molecule has 0 fully saturated rings. The number of hydrogen-bond donors (Lipinski definition) is 3. The van der Waals surface area contributed by atoms with Gasteiger partial charge >= 0.3 is 0 Å². The summed E-state index contributed by atoms with van der Waals surface area (Å²) in [4.78, 5) is 12.3. The zero-order valence-electron chi connectivity index (χ0n) is 11.3. The molecule has 1 aliphatic heterocycles. The fourth-order valence-corrected chi connectivity index (χ4v) is 2.30. The molecule has 2 heterocycles. The summed E-state index contributed by atoms with van der Waals surface area (Å²) < 4.78 is 1.72. The van der Waals surface area contributed by atoms with Crippen molar-refractivity contribution in [2.24, 2.45) is 7.05 Å². The van der Waals surface area contributed by atoms with E-state index in [1.807, 2.05) is 31.4 Å². The maximum Gasteiger partial charge on any atom is 0.253 e. The minimum Gasteiger partial charge on any atom is -0.382 e. The fraction of sp³-hybridized carbons (Fsp3) is 0.286. The average Bonchev–Trinajstić information content (AvgIpc) is 2.90. The van der Waals surface area contributed by atoms with E-state index >= 15 is 0 Å². The molecule has 0 saturated carbocycles. The second-order valence-corrected chi connectivity index (χ2v) is 4.79. The number of carbonyl (C=O) groups excluding carboxylic acids is 1. The van der Waals surface area contributed by atoms with Gasteiger partial charge in [-0.25, -0.2) is 0 Å². The van der Waals surface area contributed by atoms with Crippen LogP contribution >= 0.6 is 0 Å². The van der Waals surface area contributed by atoms with Gasteiger partial charge in [0.2, 0.25) is 0 Å². The van der Waals surface area contributed by atoms with Crippen LogP contribution in [0.5, 0.6) is 0 Å². The Morgan fingerprint density at radius 1 is 1.40 bits per heavy atom. The van der Waals surface area contributed by atoms with Gasteiger partial charge in [0.1, 0.15) is 0 Å². The molecule has 1 aliphatic rings. The van der Waals surface area contributed by atoms with E-state index in [2.05, 4.69) is 21.0 Å². The molecule has 1 aromatic carbocycles. The summed E-state index contributed by atoms with van der Waals surface area (Å²) in [6.07, 6.45) is 3.64. The van der Waals surface area contributed by atoms with Gasteiger partial charge in [-0.05, 0) is 12.1 Å². The van der Waals surface area contributed by atoms with Crippen molar-refractivity contribution in [3.05, 3.63) is 41.7 Å². The number of para-hydroxylation sites is 1. The van der Waals surface area contributed by atoms with Crippen molar-refractivity contribution in [3.63, 3.8) is 0 Å². The molecule has 0 radical (unpaired) electrons. The molecule has 6 heteroatoms. The Bertz CT molecular complexity index is 634. The van der Waals surface area contributed by atoms with Crippen molar-refractivity contribution >= 4 is 17.3 Å². The third-order valence-electron chi connectivity index (χ3n) is 3.26. The van der Waals surface area contributed by atoms with Crippen LogP contribution < -0.4 is 16.0 Å². The van der Waals surface area contributed by atoms with E-state index in [4.69, 9.17) is 0 Å². The fourth-order valence-electron chi connectivity index (χ4n) is 2.30. The van der Waals surface area contributed by atoms with Crippen molar-refractivity contribution in [3.8, 4) is 0 Å². The summed E-state index contributed by atoms with van der Waals surface area (Å²) in [7, 11) is 1.86. The monoisotopic (exact) mass is 271 g/mol. The van der Waals surface area contributed by atoms with Gasteiger partial charge in [-0.1, -0.05) is 6.07 Å². The summed E-state index contributed by atoms with van der Waals surface area (Å²) in [6, 6.07) is 5.69. The lowest BCUT2D eigenvalue weighted by Crippen LogP contribution is -2.27. The molecular weight excluding hydrogens is 254 g/mol. The number of benzene rings is 1. The quantitative estimate of drug-likeness (QED) is 0.784. The highest BCUT2D eigenvalue weighted by atomic mass is 16.1. The molecule has 0 atom stereocenters. The zero-order valence-corrected chi connectivity index (χ0v) is 11.3. The van der Waals surface area contributed by atoms with E-state index in [-0.39, 0.29) is 5.91 Å². The lowest BCUT2D eigenvalue weighted by molar-refractivity contribution is 0.0951. The predicted octanol–water partition coefficient (Wildman–Crippen LogP) is 1.19. The van der Waals surface area contributed by atoms with Crippen LogP contribution in [0.2, 0.25) is 0 Å².